The number of nitrogens with two attached hydrogens (primary N) is 1. The Bertz CT molecular complexity index is 624. The molecule has 1 saturated carbocycles. The fourth-order valence-corrected chi connectivity index (χ4v) is 1.90. The second kappa shape index (κ2) is 4.53. The number of hydrogen-bond donors (Lipinski definition) is 1. The van der Waals surface area contributed by atoms with Crippen LogP contribution in [0.25, 0.3) is 11.1 Å². The minimum atomic E-state index is -0.620. The smallest absolute Gasteiger partial charge is 0.146 e. The topological polar surface area (TPSA) is 35.2 Å². The molecule has 0 heterocycles. The Hall–Kier alpha value is -2.10. The fourth-order valence-electron chi connectivity index (χ4n) is 1.90. The van der Waals surface area contributed by atoms with Gasteiger partial charge in [0.15, 0.2) is 0 Å². The number of anilines is 1. The zero-order valence-electron chi connectivity index (χ0n) is 10.2. The van der Waals surface area contributed by atoms with Crippen LogP contribution < -0.4 is 10.5 Å². The third kappa shape index (κ3) is 2.52. The molecule has 98 valence electrons. The lowest BCUT2D eigenvalue weighted by Crippen LogP contribution is -1.97. The predicted octanol–water partition coefficient (Wildman–Crippen LogP) is 3.76. The molecule has 2 aromatic carbocycles. The van der Waals surface area contributed by atoms with Crippen LogP contribution in [0.1, 0.15) is 12.8 Å². The van der Waals surface area contributed by atoms with Crippen LogP contribution in [0.15, 0.2) is 36.4 Å². The van der Waals surface area contributed by atoms with E-state index in [1.165, 1.54) is 0 Å². The molecular formula is C15H13F2NO. The SMILES string of the molecule is Nc1cc(F)c(-c2cccc(OC3CC3)c2)cc1F. The van der Waals surface area contributed by atoms with Crippen molar-refractivity contribution in [2.75, 3.05) is 5.73 Å². The molecule has 0 atom stereocenters. The highest BCUT2D eigenvalue weighted by molar-refractivity contribution is 5.68. The van der Waals surface area contributed by atoms with Crippen LogP contribution in [0.2, 0.25) is 0 Å². The van der Waals surface area contributed by atoms with Crippen LogP contribution in [0.3, 0.4) is 0 Å². The third-order valence-electron chi connectivity index (χ3n) is 3.06. The third-order valence-corrected chi connectivity index (χ3v) is 3.06. The minimum Gasteiger partial charge on any atom is -0.490 e. The number of halogens is 2. The van der Waals surface area contributed by atoms with Crippen molar-refractivity contribution in [1.29, 1.82) is 0 Å². The summed E-state index contributed by atoms with van der Waals surface area (Å²) in [5.74, 6) is -0.482. The maximum absolute atomic E-state index is 13.8. The minimum absolute atomic E-state index is 0.188. The van der Waals surface area contributed by atoms with Gasteiger partial charge >= 0.3 is 0 Å². The van der Waals surface area contributed by atoms with Crippen LogP contribution in [0, 0.1) is 11.6 Å². The fraction of sp³-hybridized carbons (Fsp3) is 0.200. The Morgan fingerprint density at radius 2 is 1.84 bits per heavy atom. The van der Waals surface area contributed by atoms with Crippen molar-refractivity contribution < 1.29 is 13.5 Å². The van der Waals surface area contributed by atoms with Crippen LogP contribution in [0.5, 0.6) is 5.75 Å². The molecule has 2 aromatic rings. The van der Waals surface area contributed by atoms with E-state index >= 15 is 0 Å². The first-order valence-corrected chi connectivity index (χ1v) is 6.15. The van der Waals surface area contributed by atoms with Gasteiger partial charge in [-0.2, -0.15) is 0 Å². The maximum Gasteiger partial charge on any atom is 0.146 e. The van der Waals surface area contributed by atoms with Gasteiger partial charge in [0.2, 0.25) is 0 Å². The number of benzene rings is 2. The molecule has 0 aliphatic heterocycles. The van der Waals surface area contributed by atoms with Gasteiger partial charge in [0.25, 0.3) is 0 Å². The molecule has 3 rings (SSSR count). The predicted molar refractivity (Wildman–Crippen MR) is 69.9 cm³/mol. The van der Waals surface area contributed by atoms with Crippen LogP contribution >= 0.6 is 0 Å². The maximum atomic E-state index is 13.8. The summed E-state index contributed by atoms with van der Waals surface area (Å²) in [5.41, 5.74) is 5.91. The zero-order chi connectivity index (χ0) is 13.4. The summed E-state index contributed by atoms with van der Waals surface area (Å²) < 4.78 is 32.9. The van der Waals surface area contributed by atoms with Crippen LogP contribution in [-0.4, -0.2) is 6.10 Å². The lowest BCUT2D eigenvalue weighted by Gasteiger charge is -2.09. The van der Waals surface area contributed by atoms with E-state index in [0.29, 0.717) is 11.3 Å². The summed E-state index contributed by atoms with van der Waals surface area (Å²) in [4.78, 5) is 0. The van der Waals surface area contributed by atoms with Crippen LogP contribution in [-0.2, 0) is 0 Å². The molecule has 19 heavy (non-hydrogen) atoms. The van der Waals surface area contributed by atoms with Gasteiger partial charge < -0.3 is 10.5 Å². The number of nitrogen functional groups attached to an aromatic ring is 1. The summed E-state index contributed by atoms with van der Waals surface area (Å²) in [5, 5.41) is 0. The van der Waals surface area contributed by atoms with E-state index < -0.39 is 11.6 Å². The molecule has 2 N–H and O–H groups in total. The Morgan fingerprint density at radius 3 is 2.58 bits per heavy atom. The molecule has 1 aliphatic rings. The van der Waals surface area contributed by atoms with E-state index in [1.54, 1.807) is 18.2 Å². The molecule has 0 spiro atoms. The molecule has 4 heteroatoms. The van der Waals surface area contributed by atoms with Crippen molar-refractivity contribution in [2.24, 2.45) is 0 Å². The van der Waals surface area contributed by atoms with E-state index in [2.05, 4.69) is 0 Å². The lowest BCUT2D eigenvalue weighted by atomic mass is 10.0. The highest BCUT2D eigenvalue weighted by Gasteiger charge is 2.23. The van der Waals surface area contributed by atoms with Gasteiger partial charge in [-0.3, -0.25) is 0 Å². The second-order valence-corrected chi connectivity index (χ2v) is 4.70. The average Bonchev–Trinajstić information content (AvgIpc) is 3.18. The molecule has 1 fully saturated rings. The van der Waals surface area contributed by atoms with Gasteiger partial charge in [-0.15, -0.1) is 0 Å². The Balaban J connectivity index is 1.98. The molecule has 0 unspecified atom stereocenters. The summed E-state index contributed by atoms with van der Waals surface area (Å²) in [7, 11) is 0. The van der Waals surface area contributed by atoms with Crippen molar-refractivity contribution in [3.8, 4) is 16.9 Å². The average molecular weight is 261 g/mol. The van der Waals surface area contributed by atoms with E-state index in [9.17, 15) is 8.78 Å². The molecular weight excluding hydrogens is 248 g/mol. The van der Waals surface area contributed by atoms with Gasteiger partial charge in [0.1, 0.15) is 17.4 Å². The summed E-state index contributed by atoms with van der Waals surface area (Å²) >= 11 is 0. The van der Waals surface area contributed by atoms with Crippen LogP contribution in [0.4, 0.5) is 14.5 Å². The number of hydrogen-bond acceptors (Lipinski definition) is 2. The first kappa shape index (κ1) is 12.0. The standard InChI is InChI=1S/C15H13F2NO/c16-13-8-15(18)14(17)7-12(13)9-2-1-3-11(6-9)19-10-4-5-10/h1-3,6-8,10H,4-5,18H2. The van der Waals surface area contributed by atoms with Crippen molar-refractivity contribution >= 4 is 5.69 Å². The molecule has 1 aliphatic carbocycles. The van der Waals surface area contributed by atoms with Crippen molar-refractivity contribution in [3.63, 3.8) is 0 Å². The van der Waals surface area contributed by atoms with Crippen molar-refractivity contribution in [3.05, 3.63) is 48.0 Å². The first-order chi connectivity index (χ1) is 9.13. The Labute approximate surface area is 109 Å². The number of rotatable bonds is 3. The largest absolute Gasteiger partial charge is 0.490 e. The summed E-state index contributed by atoms with van der Waals surface area (Å²) in [6.45, 7) is 0. The van der Waals surface area contributed by atoms with Crippen molar-refractivity contribution in [2.45, 2.75) is 18.9 Å². The van der Waals surface area contributed by atoms with Gasteiger partial charge in [-0.05, 0) is 36.6 Å². The molecule has 0 radical (unpaired) electrons. The molecule has 2 nitrogen and oxygen atoms in total. The molecule has 0 amide bonds. The van der Waals surface area contributed by atoms with Gasteiger partial charge in [0.05, 0.1) is 11.8 Å². The highest BCUT2D eigenvalue weighted by atomic mass is 19.1. The van der Waals surface area contributed by atoms with Crippen molar-refractivity contribution in [1.82, 2.24) is 0 Å². The normalized spacial score (nSPS) is 14.4. The van der Waals surface area contributed by atoms with E-state index in [1.807, 2.05) is 6.07 Å². The van der Waals surface area contributed by atoms with Gasteiger partial charge in [0, 0.05) is 11.6 Å². The molecule has 0 aromatic heterocycles. The quantitative estimate of drug-likeness (QED) is 0.854. The number of ether oxygens (including phenoxy) is 1. The van der Waals surface area contributed by atoms with E-state index in [0.717, 1.165) is 25.0 Å². The molecule has 0 bridgehead atoms. The monoisotopic (exact) mass is 261 g/mol. The van der Waals surface area contributed by atoms with E-state index in [4.69, 9.17) is 10.5 Å². The van der Waals surface area contributed by atoms with E-state index in [-0.39, 0.29) is 17.4 Å². The van der Waals surface area contributed by atoms with Gasteiger partial charge in [-0.25, -0.2) is 8.78 Å². The summed E-state index contributed by atoms with van der Waals surface area (Å²) in [6, 6.07) is 9.12. The highest BCUT2D eigenvalue weighted by Crippen LogP contribution is 2.32. The Morgan fingerprint density at radius 1 is 1.05 bits per heavy atom. The Kier molecular flexibility index (Phi) is 2.85. The molecule has 0 saturated heterocycles. The zero-order valence-corrected chi connectivity index (χ0v) is 10.2. The second-order valence-electron chi connectivity index (χ2n) is 4.70. The van der Waals surface area contributed by atoms with Gasteiger partial charge in [-0.1, -0.05) is 12.1 Å². The first-order valence-electron chi connectivity index (χ1n) is 6.15. The lowest BCUT2D eigenvalue weighted by molar-refractivity contribution is 0.303. The summed E-state index contributed by atoms with van der Waals surface area (Å²) in [6.07, 6.45) is 2.37.